The summed E-state index contributed by atoms with van der Waals surface area (Å²) in [5.41, 5.74) is 0.356. The molecule has 0 aromatic rings. The van der Waals surface area contributed by atoms with Crippen LogP contribution in [0.2, 0.25) is 0 Å². The minimum Gasteiger partial charge on any atom is -0.304 e. The molecular formula is C15H28N2O. The molecule has 2 rings (SSSR count). The summed E-state index contributed by atoms with van der Waals surface area (Å²) in [6.07, 6.45) is 2.94. The van der Waals surface area contributed by atoms with Crippen molar-refractivity contribution in [2.24, 2.45) is 11.3 Å². The second kappa shape index (κ2) is 5.30. The van der Waals surface area contributed by atoms with E-state index in [9.17, 15) is 4.79 Å². The number of nitrogens with zero attached hydrogens (tertiary/aromatic N) is 2. The molecule has 2 unspecified atom stereocenters. The minimum absolute atomic E-state index is 0.277. The summed E-state index contributed by atoms with van der Waals surface area (Å²) < 4.78 is 0. The monoisotopic (exact) mass is 252 g/mol. The maximum absolute atomic E-state index is 12.1. The van der Waals surface area contributed by atoms with Gasteiger partial charge in [-0.1, -0.05) is 13.8 Å². The van der Waals surface area contributed by atoms with E-state index in [-0.39, 0.29) is 5.92 Å². The number of piperazine rings is 1. The van der Waals surface area contributed by atoms with Gasteiger partial charge in [0.05, 0.1) is 0 Å². The van der Waals surface area contributed by atoms with E-state index in [0.29, 0.717) is 17.2 Å². The highest BCUT2D eigenvalue weighted by Crippen LogP contribution is 2.37. The van der Waals surface area contributed by atoms with Gasteiger partial charge in [-0.15, -0.1) is 0 Å². The van der Waals surface area contributed by atoms with Crippen molar-refractivity contribution in [3.8, 4) is 0 Å². The van der Waals surface area contributed by atoms with Gasteiger partial charge in [0, 0.05) is 44.6 Å². The lowest BCUT2D eigenvalue weighted by molar-refractivity contribution is -0.128. The Morgan fingerprint density at radius 2 is 2.06 bits per heavy atom. The average Bonchev–Trinajstić information content (AvgIpc) is 2.27. The van der Waals surface area contributed by atoms with Crippen LogP contribution in [-0.2, 0) is 4.79 Å². The SMILES string of the molecule is CC1CN(C)CCN1CC1CC(C)(C)CCC1=O. The summed E-state index contributed by atoms with van der Waals surface area (Å²) in [6, 6.07) is 0.585. The molecule has 1 heterocycles. The number of hydrogen-bond acceptors (Lipinski definition) is 3. The van der Waals surface area contributed by atoms with Crippen molar-refractivity contribution in [3.05, 3.63) is 0 Å². The Labute approximate surface area is 112 Å². The van der Waals surface area contributed by atoms with E-state index < -0.39 is 0 Å². The van der Waals surface area contributed by atoms with Crippen molar-refractivity contribution in [1.82, 2.24) is 9.80 Å². The van der Waals surface area contributed by atoms with Crippen LogP contribution in [-0.4, -0.2) is 54.9 Å². The fraction of sp³-hybridized carbons (Fsp3) is 0.933. The lowest BCUT2D eigenvalue weighted by Gasteiger charge is -2.42. The van der Waals surface area contributed by atoms with Crippen LogP contribution in [0.25, 0.3) is 0 Å². The fourth-order valence-corrected chi connectivity index (χ4v) is 3.45. The third kappa shape index (κ3) is 3.33. The molecule has 0 bridgehead atoms. The Morgan fingerprint density at radius 1 is 1.33 bits per heavy atom. The van der Waals surface area contributed by atoms with E-state index in [1.54, 1.807) is 0 Å². The van der Waals surface area contributed by atoms with Crippen LogP contribution in [0.3, 0.4) is 0 Å². The minimum atomic E-state index is 0.277. The van der Waals surface area contributed by atoms with Crippen molar-refractivity contribution >= 4 is 5.78 Å². The van der Waals surface area contributed by atoms with Gasteiger partial charge in [-0.2, -0.15) is 0 Å². The van der Waals surface area contributed by atoms with Gasteiger partial charge in [-0.3, -0.25) is 9.69 Å². The van der Waals surface area contributed by atoms with Crippen molar-refractivity contribution in [2.45, 2.75) is 46.1 Å². The van der Waals surface area contributed by atoms with E-state index in [1.807, 2.05) is 0 Å². The van der Waals surface area contributed by atoms with Crippen LogP contribution in [0.4, 0.5) is 0 Å². The normalized spacial score (nSPS) is 34.8. The smallest absolute Gasteiger partial charge is 0.137 e. The Balaban J connectivity index is 1.93. The predicted molar refractivity (Wildman–Crippen MR) is 74.7 cm³/mol. The molecule has 3 heteroatoms. The molecule has 1 aliphatic carbocycles. The predicted octanol–water partition coefficient (Wildman–Crippen LogP) is 2.02. The summed E-state index contributed by atoms with van der Waals surface area (Å²) in [5.74, 6) is 0.778. The summed E-state index contributed by atoms with van der Waals surface area (Å²) >= 11 is 0. The average molecular weight is 252 g/mol. The molecule has 0 aromatic heterocycles. The van der Waals surface area contributed by atoms with Crippen LogP contribution in [0.1, 0.15) is 40.0 Å². The van der Waals surface area contributed by atoms with Gasteiger partial charge < -0.3 is 4.90 Å². The standard InChI is InChI=1S/C15H28N2O/c1-12-10-16(4)7-8-17(12)11-13-9-15(2,3)6-5-14(13)18/h12-13H,5-11H2,1-4H3. The topological polar surface area (TPSA) is 23.6 Å². The summed E-state index contributed by atoms with van der Waals surface area (Å²) in [7, 11) is 2.18. The first-order valence-electron chi connectivity index (χ1n) is 7.33. The fourth-order valence-electron chi connectivity index (χ4n) is 3.45. The van der Waals surface area contributed by atoms with E-state index in [2.05, 4.69) is 37.6 Å². The molecule has 2 fully saturated rings. The molecule has 2 atom stereocenters. The highest BCUT2D eigenvalue weighted by atomic mass is 16.1. The maximum Gasteiger partial charge on any atom is 0.137 e. The number of likely N-dealkylation sites (N-methyl/N-ethyl adjacent to an activating group) is 1. The lowest BCUT2D eigenvalue weighted by atomic mass is 9.71. The quantitative estimate of drug-likeness (QED) is 0.751. The van der Waals surface area contributed by atoms with Gasteiger partial charge in [0.25, 0.3) is 0 Å². The molecule has 104 valence electrons. The van der Waals surface area contributed by atoms with Crippen LogP contribution >= 0.6 is 0 Å². The van der Waals surface area contributed by atoms with Gasteiger partial charge in [0.2, 0.25) is 0 Å². The number of carbonyl (C=O) groups is 1. The zero-order chi connectivity index (χ0) is 13.3. The number of Topliss-reactive ketones (excluding diaryl/α,β-unsaturated/α-hetero) is 1. The Hall–Kier alpha value is -0.410. The molecule has 0 N–H and O–H groups in total. The van der Waals surface area contributed by atoms with Crippen LogP contribution in [0.15, 0.2) is 0 Å². The second-order valence-electron chi connectivity index (χ2n) is 7.14. The molecule has 0 spiro atoms. The first kappa shape index (κ1) is 14.0. The largest absolute Gasteiger partial charge is 0.304 e. The molecule has 1 saturated heterocycles. The van der Waals surface area contributed by atoms with Gasteiger partial charge in [-0.05, 0) is 32.2 Å². The molecule has 0 aromatic carbocycles. The molecule has 2 aliphatic rings. The zero-order valence-corrected chi connectivity index (χ0v) is 12.4. The Bertz CT molecular complexity index is 314. The van der Waals surface area contributed by atoms with Gasteiger partial charge in [-0.25, -0.2) is 0 Å². The van der Waals surface area contributed by atoms with Crippen molar-refractivity contribution in [2.75, 3.05) is 33.2 Å². The van der Waals surface area contributed by atoms with Crippen LogP contribution < -0.4 is 0 Å². The first-order valence-corrected chi connectivity index (χ1v) is 7.33. The van der Waals surface area contributed by atoms with Gasteiger partial charge in [0.15, 0.2) is 0 Å². The number of ketones is 1. The van der Waals surface area contributed by atoms with Crippen LogP contribution in [0.5, 0.6) is 0 Å². The molecule has 1 aliphatic heterocycles. The second-order valence-corrected chi connectivity index (χ2v) is 7.14. The molecular weight excluding hydrogens is 224 g/mol. The van der Waals surface area contributed by atoms with Crippen LogP contribution in [0, 0.1) is 11.3 Å². The maximum atomic E-state index is 12.1. The third-order valence-corrected chi connectivity index (χ3v) is 4.73. The van der Waals surface area contributed by atoms with Crippen molar-refractivity contribution < 1.29 is 4.79 Å². The molecule has 0 radical (unpaired) electrons. The van der Waals surface area contributed by atoms with E-state index in [4.69, 9.17) is 0 Å². The van der Waals surface area contributed by atoms with Gasteiger partial charge >= 0.3 is 0 Å². The highest BCUT2D eigenvalue weighted by molar-refractivity contribution is 5.82. The zero-order valence-electron chi connectivity index (χ0n) is 12.4. The summed E-state index contributed by atoms with van der Waals surface area (Å²) in [5, 5.41) is 0. The molecule has 3 nitrogen and oxygen atoms in total. The van der Waals surface area contributed by atoms with Crippen molar-refractivity contribution in [3.63, 3.8) is 0 Å². The third-order valence-electron chi connectivity index (χ3n) is 4.73. The highest BCUT2D eigenvalue weighted by Gasteiger charge is 2.35. The molecule has 1 saturated carbocycles. The Kier molecular flexibility index (Phi) is 4.12. The Morgan fingerprint density at radius 3 is 2.72 bits per heavy atom. The molecule has 0 amide bonds. The summed E-state index contributed by atoms with van der Waals surface area (Å²) in [6.45, 7) is 11.3. The number of rotatable bonds is 2. The molecule has 18 heavy (non-hydrogen) atoms. The number of hydrogen-bond donors (Lipinski definition) is 0. The first-order chi connectivity index (χ1) is 8.37. The van der Waals surface area contributed by atoms with E-state index in [0.717, 1.165) is 45.4 Å². The number of carbonyl (C=O) groups excluding carboxylic acids is 1. The van der Waals surface area contributed by atoms with Gasteiger partial charge in [0.1, 0.15) is 5.78 Å². The lowest BCUT2D eigenvalue weighted by Crippen LogP contribution is -2.53. The van der Waals surface area contributed by atoms with E-state index in [1.165, 1.54) is 0 Å². The summed E-state index contributed by atoms with van der Waals surface area (Å²) in [4.78, 5) is 17.0. The van der Waals surface area contributed by atoms with E-state index >= 15 is 0 Å². The van der Waals surface area contributed by atoms with Crippen molar-refractivity contribution in [1.29, 1.82) is 0 Å².